The lowest BCUT2D eigenvalue weighted by molar-refractivity contribution is -0.154. The van der Waals surface area contributed by atoms with Gasteiger partial charge in [-0.15, -0.1) is 0 Å². The second kappa shape index (κ2) is 7.33. The molecule has 5 nitrogen and oxygen atoms in total. The van der Waals surface area contributed by atoms with Gasteiger partial charge in [-0.25, -0.2) is 0 Å². The predicted octanol–water partition coefficient (Wildman–Crippen LogP) is 4.99. The average Bonchev–Trinajstić information content (AvgIpc) is 3.48. The van der Waals surface area contributed by atoms with E-state index in [4.69, 9.17) is 14.2 Å². The molecule has 2 aromatic rings. The van der Waals surface area contributed by atoms with Crippen molar-refractivity contribution in [1.29, 1.82) is 0 Å². The van der Waals surface area contributed by atoms with Crippen LogP contribution in [0.5, 0.6) is 17.2 Å². The summed E-state index contributed by atoms with van der Waals surface area (Å²) >= 11 is 0. The van der Waals surface area contributed by atoms with E-state index in [0.717, 1.165) is 36.8 Å². The Morgan fingerprint density at radius 2 is 1.65 bits per heavy atom. The average molecular weight is 421 g/mol. The van der Waals surface area contributed by atoms with Crippen molar-refractivity contribution in [2.45, 2.75) is 50.2 Å². The molecule has 164 valence electrons. The summed E-state index contributed by atoms with van der Waals surface area (Å²) in [5, 5.41) is 0. The summed E-state index contributed by atoms with van der Waals surface area (Å²) < 4.78 is 18.5. The van der Waals surface area contributed by atoms with Crippen LogP contribution in [0.15, 0.2) is 36.4 Å². The number of likely N-dealkylation sites (tertiary alicyclic amines) is 1. The Labute approximate surface area is 184 Å². The largest absolute Gasteiger partial charge is 0.472 e. The van der Waals surface area contributed by atoms with Gasteiger partial charge in [0.15, 0.2) is 17.2 Å². The van der Waals surface area contributed by atoms with E-state index in [-0.39, 0.29) is 5.72 Å². The first-order chi connectivity index (χ1) is 15.2. The second-order valence-electron chi connectivity index (χ2n) is 9.70. The number of hydrogen-bond donors (Lipinski definition) is 0. The molecule has 3 atom stereocenters. The molecular weight excluding hydrogens is 388 g/mol. The van der Waals surface area contributed by atoms with E-state index in [1.165, 1.54) is 48.9 Å². The number of ether oxygens (including phenoxy) is 3. The Hall–Kier alpha value is -2.40. The van der Waals surface area contributed by atoms with E-state index in [1.807, 2.05) is 0 Å². The summed E-state index contributed by atoms with van der Waals surface area (Å²) in [6, 6.07) is 13.4. The van der Waals surface area contributed by atoms with Crippen molar-refractivity contribution in [3.8, 4) is 17.2 Å². The van der Waals surface area contributed by atoms with Crippen molar-refractivity contribution in [2.75, 3.05) is 38.9 Å². The van der Waals surface area contributed by atoms with Crippen LogP contribution in [0, 0.1) is 5.92 Å². The normalized spacial score (nSPS) is 29.2. The highest BCUT2D eigenvalue weighted by atomic mass is 16.7. The molecular formula is C26H32N2O3. The Bertz CT molecular complexity index is 967. The molecule has 0 amide bonds. The smallest absolute Gasteiger partial charge is 0.231 e. The van der Waals surface area contributed by atoms with E-state index >= 15 is 0 Å². The number of hydrogen-bond acceptors (Lipinski definition) is 5. The molecule has 0 aromatic heterocycles. The third-order valence-corrected chi connectivity index (χ3v) is 7.82. The first-order valence-electron chi connectivity index (χ1n) is 11.8. The monoisotopic (exact) mass is 420 g/mol. The maximum Gasteiger partial charge on any atom is 0.231 e. The van der Waals surface area contributed by atoms with Gasteiger partial charge < -0.3 is 19.1 Å². The van der Waals surface area contributed by atoms with Gasteiger partial charge in [0.25, 0.3) is 0 Å². The second-order valence-corrected chi connectivity index (χ2v) is 9.70. The molecule has 1 saturated heterocycles. The Morgan fingerprint density at radius 1 is 0.903 bits per heavy atom. The summed E-state index contributed by atoms with van der Waals surface area (Å²) in [5.74, 6) is 3.39. The van der Waals surface area contributed by atoms with Crippen molar-refractivity contribution < 1.29 is 14.2 Å². The third-order valence-electron chi connectivity index (χ3n) is 7.82. The maximum absolute atomic E-state index is 7.03. The molecule has 1 saturated carbocycles. The molecule has 2 fully saturated rings. The van der Waals surface area contributed by atoms with Crippen LogP contribution < -0.4 is 19.1 Å². The molecule has 6 rings (SSSR count). The zero-order valence-electron chi connectivity index (χ0n) is 18.6. The quantitative estimate of drug-likeness (QED) is 0.699. The maximum atomic E-state index is 7.03. The number of fused-ring (bicyclic) bond motifs is 3. The zero-order valence-corrected chi connectivity index (χ0v) is 18.6. The lowest BCUT2D eigenvalue weighted by Gasteiger charge is -2.55. The minimum atomic E-state index is -0.208. The van der Waals surface area contributed by atoms with Gasteiger partial charge >= 0.3 is 0 Å². The molecule has 0 bridgehead atoms. The van der Waals surface area contributed by atoms with E-state index in [0.29, 0.717) is 18.6 Å². The van der Waals surface area contributed by atoms with Gasteiger partial charge in [-0.3, -0.25) is 4.90 Å². The molecule has 4 aliphatic rings. The Balaban J connectivity index is 1.51. The van der Waals surface area contributed by atoms with Crippen molar-refractivity contribution in [1.82, 2.24) is 4.90 Å². The topological polar surface area (TPSA) is 34.2 Å². The molecule has 0 radical (unpaired) electrons. The van der Waals surface area contributed by atoms with E-state index in [2.05, 4.69) is 60.3 Å². The molecule has 2 aromatic carbocycles. The van der Waals surface area contributed by atoms with Crippen LogP contribution >= 0.6 is 0 Å². The lowest BCUT2D eigenvalue weighted by Crippen LogP contribution is -2.61. The van der Waals surface area contributed by atoms with E-state index < -0.39 is 0 Å². The highest BCUT2D eigenvalue weighted by Crippen LogP contribution is 2.57. The summed E-state index contributed by atoms with van der Waals surface area (Å²) in [4.78, 5) is 4.82. The van der Waals surface area contributed by atoms with Gasteiger partial charge in [-0.05, 0) is 49.4 Å². The van der Waals surface area contributed by atoms with Crippen LogP contribution in [0.2, 0.25) is 0 Å². The van der Waals surface area contributed by atoms with Gasteiger partial charge in [0, 0.05) is 62.8 Å². The van der Waals surface area contributed by atoms with Gasteiger partial charge in [0.05, 0.1) is 0 Å². The number of nitrogens with zero attached hydrogens (tertiary/aromatic N) is 2. The molecule has 3 heterocycles. The van der Waals surface area contributed by atoms with Crippen LogP contribution in [0.4, 0.5) is 5.69 Å². The summed E-state index contributed by atoms with van der Waals surface area (Å²) in [6.45, 7) is 2.58. The minimum absolute atomic E-state index is 0.208. The fraction of sp³-hybridized carbons (Fsp3) is 0.538. The summed E-state index contributed by atoms with van der Waals surface area (Å²) in [6.07, 6.45) is 7.36. The number of anilines is 1. The molecule has 0 spiro atoms. The number of benzene rings is 2. The van der Waals surface area contributed by atoms with Crippen molar-refractivity contribution in [3.63, 3.8) is 0 Å². The SMILES string of the molecule is CN(C)c1ccc([C@@H]2c3cc4c(cc3O[C@]3(N5CCCC5)CCCC[C@@H]23)OCO4)cc1. The van der Waals surface area contributed by atoms with Gasteiger partial charge in [0.2, 0.25) is 6.79 Å². The van der Waals surface area contributed by atoms with Gasteiger partial charge in [0.1, 0.15) is 5.75 Å². The van der Waals surface area contributed by atoms with Crippen LogP contribution in [-0.2, 0) is 0 Å². The van der Waals surface area contributed by atoms with Crippen LogP contribution in [0.3, 0.4) is 0 Å². The summed E-state index contributed by atoms with van der Waals surface area (Å²) in [5.41, 5.74) is 3.66. The van der Waals surface area contributed by atoms with E-state index in [9.17, 15) is 0 Å². The minimum Gasteiger partial charge on any atom is -0.472 e. The highest BCUT2D eigenvalue weighted by Gasteiger charge is 2.55. The van der Waals surface area contributed by atoms with Crippen molar-refractivity contribution >= 4 is 5.69 Å². The highest BCUT2D eigenvalue weighted by molar-refractivity contribution is 5.57. The fourth-order valence-corrected chi connectivity index (χ4v) is 6.33. The zero-order chi connectivity index (χ0) is 21.0. The Kier molecular flexibility index (Phi) is 4.57. The molecule has 0 unspecified atom stereocenters. The van der Waals surface area contributed by atoms with Gasteiger partial charge in [-0.1, -0.05) is 18.6 Å². The standard InChI is InChI=1S/C26H32N2O3/c1-27(2)19-10-8-18(9-11-19)25-20-15-23-24(30-17-29-23)16-22(20)31-26(28-13-5-6-14-28)12-4-3-7-21(25)26/h8-11,15-16,21,25H,3-7,12-14,17H2,1-2H3/t21-,25+,26+/m0/s1. The molecule has 0 N–H and O–H groups in total. The fourth-order valence-electron chi connectivity index (χ4n) is 6.33. The predicted molar refractivity (Wildman–Crippen MR) is 121 cm³/mol. The van der Waals surface area contributed by atoms with Crippen LogP contribution in [0.1, 0.15) is 55.6 Å². The lowest BCUT2D eigenvalue weighted by atomic mass is 9.66. The van der Waals surface area contributed by atoms with Gasteiger partial charge in [-0.2, -0.15) is 0 Å². The van der Waals surface area contributed by atoms with Crippen LogP contribution in [0.25, 0.3) is 0 Å². The third kappa shape index (κ3) is 3.00. The number of rotatable bonds is 3. The first-order valence-corrected chi connectivity index (χ1v) is 11.8. The van der Waals surface area contributed by atoms with Crippen molar-refractivity contribution in [3.05, 3.63) is 47.5 Å². The summed E-state index contributed by atoms with van der Waals surface area (Å²) in [7, 11) is 4.19. The molecule has 5 heteroatoms. The first kappa shape index (κ1) is 19.3. The van der Waals surface area contributed by atoms with Crippen molar-refractivity contribution in [2.24, 2.45) is 5.92 Å². The molecule has 31 heavy (non-hydrogen) atoms. The molecule has 1 aliphatic carbocycles. The van der Waals surface area contributed by atoms with E-state index in [1.54, 1.807) is 0 Å². The Morgan fingerprint density at radius 3 is 2.39 bits per heavy atom. The van der Waals surface area contributed by atoms with Crippen LogP contribution in [-0.4, -0.2) is 44.6 Å². The molecule has 3 aliphatic heterocycles.